The summed E-state index contributed by atoms with van der Waals surface area (Å²) >= 11 is 0. The molecule has 0 fully saturated rings. The van der Waals surface area contributed by atoms with Crippen LogP contribution < -0.4 is 21.2 Å². The third-order valence-electron chi connectivity index (χ3n) is 7.04. The maximum atomic E-state index is 2.66. The highest BCUT2D eigenvalue weighted by atomic mass is 31.1. The van der Waals surface area contributed by atoms with Crippen LogP contribution in [0.3, 0.4) is 0 Å². The molecule has 0 amide bonds. The second-order valence-corrected chi connectivity index (χ2v) is 13.9. The van der Waals surface area contributed by atoms with E-state index in [1.54, 1.807) is 0 Å². The van der Waals surface area contributed by atoms with Gasteiger partial charge in [0.25, 0.3) is 0 Å². The summed E-state index contributed by atoms with van der Waals surface area (Å²) in [6.07, 6.45) is 6.09. The monoisotopic (exact) mass is 493 g/mol. The van der Waals surface area contributed by atoms with Crippen molar-refractivity contribution >= 4 is 37.2 Å². The molecule has 0 bridgehead atoms. The van der Waals surface area contributed by atoms with Gasteiger partial charge in [-0.15, -0.1) is 0 Å². The van der Waals surface area contributed by atoms with Gasteiger partial charge in [-0.05, 0) is 55.2 Å². The minimum atomic E-state index is -0.608. The first-order chi connectivity index (χ1) is 17.2. The lowest BCUT2D eigenvalue weighted by molar-refractivity contribution is 0.344. The smallest absolute Gasteiger partial charge is 0.0281 e. The third kappa shape index (κ3) is 5.34. The topological polar surface area (TPSA) is 3.24 Å². The first-order valence-corrected chi connectivity index (χ1v) is 15.1. The van der Waals surface area contributed by atoms with Crippen molar-refractivity contribution < 1.29 is 0 Å². The lowest BCUT2D eigenvalue weighted by Crippen LogP contribution is -2.40. The lowest BCUT2D eigenvalue weighted by atomic mass is 10.0. The van der Waals surface area contributed by atoms with Crippen molar-refractivity contribution in [2.45, 2.75) is 25.0 Å². The molecule has 0 aliphatic heterocycles. The van der Waals surface area contributed by atoms with Crippen LogP contribution in [0.15, 0.2) is 133 Å². The Morgan fingerprint density at radius 3 is 1.46 bits per heavy atom. The van der Waals surface area contributed by atoms with Crippen molar-refractivity contribution in [1.82, 2.24) is 4.67 Å². The molecule has 1 unspecified atom stereocenters. The highest BCUT2D eigenvalue weighted by Crippen LogP contribution is 2.51. The first kappa shape index (κ1) is 24.1. The molecule has 0 saturated carbocycles. The van der Waals surface area contributed by atoms with Crippen LogP contribution >= 0.6 is 16.0 Å². The summed E-state index contributed by atoms with van der Waals surface area (Å²) in [6.45, 7) is 2.44. The summed E-state index contributed by atoms with van der Waals surface area (Å²) in [6, 6.07) is 45.0. The maximum Gasteiger partial charge on any atom is 0.0281 e. The Morgan fingerprint density at radius 1 is 0.629 bits per heavy atom. The van der Waals surface area contributed by atoms with Gasteiger partial charge in [-0.25, -0.2) is 0 Å². The standard InChI is InChI=1S/C32H33NP2/c1-26(33(2)35(29-20-11-5-12-21-29)30-22-13-6-14-23-30)31-24-15-25-32(31)34(27-16-7-3-8-17-27)28-18-9-4-10-19-28/h3-24,26,31-32H,25H2,1-2H3/t26-,31+,32?/m1/s1. The molecule has 3 heteroatoms. The fourth-order valence-corrected chi connectivity index (χ4v) is 10.7. The van der Waals surface area contributed by atoms with Crippen LogP contribution in [-0.4, -0.2) is 23.4 Å². The number of hydrogen-bond acceptors (Lipinski definition) is 1. The highest BCUT2D eigenvalue weighted by molar-refractivity contribution is 7.73. The second kappa shape index (κ2) is 11.5. The van der Waals surface area contributed by atoms with Crippen LogP contribution in [0.25, 0.3) is 0 Å². The van der Waals surface area contributed by atoms with E-state index in [2.05, 4.69) is 152 Å². The minimum absolute atomic E-state index is 0.419. The molecular weight excluding hydrogens is 460 g/mol. The number of nitrogens with zero attached hydrogens (tertiary/aromatic N) is 1. The van der Waals surface area contributed by atoms with Gasteiger partial charge in [0, 0.05) is 20.0 Å². The van der Waals surface area contributed by atoms with Crippen molar-refractivity contribution in [2.24, 2.45) is 5.92 Å². The molecule has 0 saturated heterocycles. The van der Waals surface area contributed by atoms with Gasteiger partial charge in [0.15, 0.2) is 0 Å². The molecule has 1 aliphatic carbocycles. The fourth-order valence-electron chi connectivity index (χ4n) is 5.21. The zero-order valence-electron chi connectivity index (χ0n) is 20.5. The predicted molar refractivity (Wildman–Crippen MR) is 156 cm³/mol. The van der Waals surface area contributed by atoms with Gasteiger partial charge >= 0.3 is 0 Å². The van der Waals surface area contributed by atoms with Gasteiger partial charge < -0.3 is 0 Å². The molecule has 0 aromatic heterocycles. The maximum absolute atomic E-state index is 2.66. The molecule has 4 aromatic rings. The van der Waals surface area contributed by atoms with Crippen LogP contribution in [0, 0.1) is 5.92 Å². The molecule has 0 N–H and O–H groups in total. The van der Waals surface area contributed by atoms with Gasteiger partial charge in [-0.3, -0.25) is 4.67 Å². The summed E-state index contributed by atoms with van der Waals surface area (Å²) in [7, 11) is 1.27. The van der Waals surface area contributed by atoms with Crippen LogP contribution in [0.2, 0.25) is 0 Å². The Bertz CT molecular complexity index is 1130. The van der Waals surface area contributed by atoms with E-state index in [4.69, 9.17) is 0 Å². The average Bonchev–Trinajstić information content (AvgIpc) is 3.40. The van der Waals surface area contributed by atoms with Gasteiger partial charge in [-0.2, -0.15) is 0 Å². The Labute approximate surface area is 213 Å². The van der Waals surface area contributed by atoms with Gasteiger partial charge in [0.05, 0.1) is 0 Å². The van der Waals surface area contributed by atoms with E-state index in [0.717, 1.165) is 6.42 Å². The quantitative estimate of drug-likeness (QED) is 0.202. The van der Waals surface area contributed by atoms with Crippen molar-refractivity contribution in [2.75, 3.05) is 7.05 Å². The number of allylic oxidation sites excluding steroid dienone is 1. The van der Waals surface area contributed by atoms with Crippen molar-refractivity contribution in [1.29, 1.82) is 0 Å². The van der Waals surface area contributed by atoms with E-state index in [-0.39, 0.29) is 0 Å². The molecule has 35 heavy (non-hydrogen) atoms. The summed E-state index contributed by atoms with van der Waals surface area (Å²) in [5.41, 5.74) is 0.593. The zero-order valence-corrected chi connectivity index (χ0v) is 22.3. The second-order valence-electron chi connectivity index (χ2n) is 9.15. The Kier molecular flexibility index (Phi) is 7.90. The summed E-state index contributed by atoms with van der Waals surface area (Å²) in [4.78, 5) is 0. The van der Waals surface area contributed by atoms with Crippen LogP contribution in [0.1, 0.15) is 13.3 Å². The van der Waals surface area contributed by atoms with Crippen molar-refractivity contribution in [3.63, 3.8) is 0 Å². The van der Waals surface area contributed by atoms with Gasteiger partial charge in [0.1, 0.15) is 0 Å². The lowest BCUT2D eigenvalue weighted by Gasteiger charge is -2.40. The molecule has 5 rings (SSSR count). The summed E-state index contributed by atoms with van der Waals surface area (Å²) in [5, 5.41) is 5.79. The molecule has 176 valence electrons. The van der Waals surface area contributed by atoms with E-state index >= 15 is 0 Å². The predicted octanol–water partition coefficient (Wildman–Crippen LogP) is 6.43. The Hall–Kier alpha value is -2.56. The van der Waals surface area contributed by atoms with E-state index < -0.39 is 16.0 Å². The first-order valence-electron chi connectivity index (χ1n) is 12.4. The van der Waals surface area contributed by atoms with Gasteiger partial charge in [0.2, 0.25) is 0 Å². The SMILES string of the molecule is C[C@H]([C@@H]1C=CCC1P(c1ccccc1)c1ccccc1)N(C)P(c1ccccc1)c1ccccc1. The van der Waals surface area contributed by atoms with Gasteiger partial charge in [-0.1, -0.05) is 133 Å². The van der Waals surface area contributed by atoms with Crippen molar-refractivity contribution in [3.05, 3.63) is 133 Å². The zero-order chi connectivity index (χ0) is 24.0. The molecule has 0 spiro atoms. The van der Waals surface area contributed by atoms with E-state index in [1.165, 1.54) is 21.2 Å². The Morgan fingerprint density at radius 2 is 1.03 bits per heavy atom. The van der Waals surface area contributed by atoms with E-state index in [1.807, 2.05) is 0 Å². The minimum Gasteiger partial charge on any atom is -0.275 e. The molecule has 1 nitrogen and oxygen atoms in total. The fraction of sp³-hybridized carbons (Fsp3) is 0.188. The van der Waals surface area contributed by atoms with E-state index in [0.29, 0.717) is 17.6 Å². The molecule has 0 heterocycles. The highest BCUT2D eigenvalue weighted by Gasteiger charge is 2.38. The number of rotatable bonds is 8. The molecule has 0 radical (unpaired) electrons. The normalized spacial score (nSPS) is 18.4. The summed E-state index contributed by atoms with van der Waals surface area (Å²) < 4.78 is 2.66. The van der Waals surface area contributed by atoms with Crippen LogP contribution in [0.4, 0.5) is 0 Å². The molecule has 4 aromatic carbocycles. The summed E-state index contributed by atoms with van der Waals surface area (Å²) in [5.74, 6) is 0.504. The third-order valence-corrected chi connectivity index (χ3v) is 12.5. The number of hydrogen-bond donors (Lipinski definition) is 0. The van der Waals surface area contributed by atoms with Crippen LogP contribution in [0.5, 0.6) is 0 Å². The number of benzene rings is 4. The van der Waals surface area contributed by atoms with E-state index in [9.17, 15) is 0 Å². The Balaban J connectivity index is 1.50. The van der Waals surface area contributed by atoms with Crippen molar-refractivity contribution in [3.8, 4) is 0 Å². The molecular formula is C32H33NP2. The average molecular weight is 494 g/mol. The molecule has 1 aliphatic rings. The largest absolute Gasteiger partial charge is 0.275 e. The van der Waals surface area contributed by atoms with Crippen LogP contribution in [-0.2, 0) is 0 Å². The molecule has 3 atom stereocenters.